The first-order valence-corrected chi connectivity index (χ1v) is 6.27. The maximum atomic E-state index is 12.2. The van der Waals surface area contributed by atoms with Crippen molar-refractivity contribution in [1.82, 2.24) is 4.90 Å². The minimum absolute atomic E-state index is 0.227. The van der Waals surface area contributed by atoms with Gasteiger partial charge in [-0.15, -0.1) is 0 Å². The number of hydrogen-bond acceptors (Lipinski definition) is 3. The molecule has 0 saturated heterocycles. The van der Waals surface area contributed by atoms with E-state index in [0.717, 1.165) is 12.0 Å². The maximum Gasteiger partial charge on any atom is 0.320 e. The number of likely N-dealkylation sites (N-methyl/N-ethyl adjacent to an activating group) is 1. The lowest BCUT2D eigenvalue weighted by Crippen LogP contribution is -2.44. The van der Waals surface area contributed by atoms with Gasteiger partial charge < -0.3 is 9.64 Å². The van der Waals surface area contributed by atoms with Gasteiger partial charge in [0, 0.05) is 13.6 Å². The van der Waals surface area contributed by atoms with Gasteiger partial charge in [-0.2, -0.15) is 0 Å². The Bertz CT molecular complexity index is 440. The summed E-state index contributed by atoms with van der Waals surface area (Å²) < 4.78 is 4.66. The molecule has 1 rings (SSSR count). The maximum absolute atomic E-state index is 12.2. The van der Waals surface area contributed by atoms with Gasteiger partial charge in [-0.05, 0) is 25.8 Å². The third kappa shape index (κ3) is 3.81. The molecule has 1 amide bonds. The van der Waals surface area contributed by atoms with Crippen LogP contribution in [0.2, 0.25) is 0 Å². The average molecular weight is 263 g/mol. The normalized spacial score (nSPS) is 10.9. The van der Waals surface area contributed by atoms with E-state index in [2.05, 4.69) is 4.74 Å². The molecule has 0 N–H and O–H groups in total. The Kier molecular flexibility index (Phi) is 5.10. The van der Waals surface area contributed by atoms with Gasteiger partial charge in [0.05, 0.1) is 7.11 Å². The average Bonchev–Trinajstić information content (AvgIpc) is 2.43. The molecule has 1 aromatic rings. The summed E-state index contributed by atoms with van der Waals surface area (Å²) >= 11 is 0. The summed E-state index contributed by atoms with van der Waals surface area (Å²) in [7, 11) is 3.00. The van der Waals surface area contributed by atoms with E-state index in [0.29, 0.717) is 6.54 Å². The van der Waals surface area contributed by atoms with Gasteiger partial charge in [0.15, 0.2) is 0 Å². The molecule has 0 aliphatic heterocycles. The molecule has 0 spiro atoms. The summed E-state index contributed by atoms with van der Waals surface area (Å²) in [6, 6.07) is 9.93. The van der Waals surface area contributed by atoms with Crippen LogP contribution in [-0.4, -0.2) is 37.5 Å². The highest BCUT2D eigenvalue weighted by atomic mass is 16.5. The molecule has 104 valence electrons. The number of nitrogens with zero attached hydrogens (tertiary/aromatic N) is 1. The zero-order valence-corrected chi connectivity index (χ0v) is 12.0. The number of benzene rings is 1. The number of amides is 1. The summed E-state index contributed by atoms with van der Waals surface area (Å²) in [6.45, 7) is 3.74. The number of hydrogen-bond donors (Lipinski definition) is 0. The second-order valence-corrected chi connectivity index (χ2v) is 5.08. The predicted octanol–water partition coefficient (Wildman–Crippen LogP) is 1.89. The van der Waals surface area contributed by atoms with E-state index in [1.807, 2.05) is 30.3 Å². The Morgan fingerprint density at radius 3 is 2.32 bits per heavy atom. The van der Waals surface area contributed by atoms with Crippen LogP contribution in [0.15, 0.2) is 30.3 Å². The van der Waals surface area contributed by atoms with Crippen LogP contribution in [0.4, 0.5) is 0 Å². The van der Waals surface area contributed by atoms with Gasteiger partial charge >= 0.3 is 5.97 Å². The molecule has 1 aromatic carbocycles. The third-order valence-corrected chi connectivity index (χ3v) is 3.16. The van der Waals surface area contributed by atoms with E-state index >= 15 is 0 Å². The Morgan fingerprint density at radius 2 is 1.79 bits per heavy atom. The van der Waals surface area contributed by atoms with Crippen molar-refractivity contribution in [3.05, 3.63) is 35.9 Å². The first-order chi connectivity index (χ1) is 8.89. The van der Waals surface area contributed by atoms with Crippen LogP contribution >= 0.6 is 0 Å². The first kappa shape index (κ1) is 15.2. The highest BCUT2D eigenvalue weighted by Crippen LogP contribution is 2.20. The number of carbonyl (C=O) groups excluding carboxylic acids is 2. The number of rotatable bonds is 5. The second-order valence-electron chi connectivity index (χ2n) is 5.08. The quantitative estimate of drug-likeness (QED) is 0.602. The largest absolute Gasteiger partial charge is 0.468 e. The van der Waals surface area contributed by atoms with E-state index < -0.39 is 11.4 Å². The Balaban J connectivity index is 2.61. The fourth-order valence-electron chi connectivity index (χ4n) is 1.86. The zero-order valence-electron chi connectivity index (χ0n) is 12.0. The van der Waals surface area contributed by atoms with E-state index in [1.165, 1.54) is 7.11 Å². The third-order valence-electron chi connectivity index (χ3n) is 3.16. The molecule has 0 radical (unpaired) electrons. The van der Waals surface area contributed by atoms with Crippen molar-refractivity contribution in [2.75, 3.05) is 20.7 Å². The summed E-state index contributed by atoms with van der Waals surface area (Å²) in [4.78, 5) is 25.4. The van der Waals surface area contributed by atoms with Crippen molar-refractivity contribution in [3.8, 4) is 0 Å². The van der Waals surface area contributed by atoms with E-state index in [4.69, 9.17) is 0 Å². The molecular weight excluding hydrogens is 242 g/mol. The van der Waals surface area contributed by atoms with Crippen LogP contribution in [0.25, 0.3) is 0 Å². The minimum atomic E-state index is -1.14. The molecule has 0 atom stereocenters. The Hall–Kier alpha value is -1.84. The first-order valence-electron chi connectivity index (χ1n) is 6.27. The molecule has 0 saturated carbocycles. The van der Waals surface area contributed by atoms with E-state index in [9.17, 15) is 9.59 Å². The molecule has 0 aromatic heterocycles. The van der Waals surface area contributed by atoms with E-state index in [1.54, 1.807) is 25.8 Å². The molecule has 0 aliphatic carbocycles. The Morgan fingerprint density at radius 1 is 1.21 bits per heavy atom. The molecule has 0 heterocycles. The SMILES string of the molecule is COC(=O)C(C)(C)C(=O)N(C)CCc1ccccc1. The minimum Gasteiger partial charge on any atom is -0.468 e. The molecule has 0 aliphatic rings. The number of carbonyl (C=O) groups is 2. The molecule has 4 heteroatoms. The van der Waals surface area contributed by atoms with Crippen LogP contribution in [0.3, 0.4) is 0 Å². The van der Waals surface area contributed by atoms with Crippen LogP contribution in [-0.2, 0) is 20.7 Å². The van der Waals surface area contributed by atoms with Crippen LogP contribution in [0, 0.1) is 5.41 Å². The number of methoxy groups -OCH3 is 1. The standard InChI is InChI=1S/C15H21NO3/c1-15(2,14(18)19-4)13(17)16(3)11-10-12-8-6-5-7-9-12/h5-9H,10-11H2,1-4H3. The fraction of sp³-hybridized carbons (Fsp3) is 0.467. The lowest BCUT2D eigenvalue weighted by Gasteiger charge is -2.27. The van der Waals surface area contributed by atoms with Gasteiger partial charge in [-0.25, -0.2) is 0 Å². The lowest BCUT2D eigenvalue weighted by molar-refractivity contribution is -0.160. The summed E-state index contributed by atoms with van der Waals surface area (Å²) in [5.41, 5.74) is 0.0261. The van der Waals surface area contributed by atoms with Crippen molar-refractivity contribution in [3.63, 3.8) is 0 Å². The topological polar surface area (TPSA) is 46.6 Å². The van der Waals surface area contributed by atoms with Crippen molar-refractivity contribution in [2.45, 2.75) is 20.3 Å². The van der Waals surface area contributed by atoms with Crippen LogP contribution in [0.5, 0.6) is 0 Å². The lowest BCUT2D eigenvalue weighted by atomic mass is 9.91. The van der Waals surface area contributed by atoms with Crippen LogP contribution in [0.1, 0.15) is 19.4 Å². The van der Waals surface area contributed by atoms with Crippen molar-refractivity contribution < 1.29 is 14.3 Å². The molecule has 0 unspecified atom stereocenters. The van der Waals surface area contributed by atoms with Crippen molar-refractivity contribution in [1.29, 1.82) is 0 Å². The predicted molar refractivity (Wildman–Crippen MR) is 73.6 cm³/mol. The highest BCUT2D eigenvalue weighted by Gasteiger charge is 2.39. The molecular formula is C15H21NO3. The number of ether oxygens (including phenoxy) is 1. The molecule has 19 heavy (non-hydrogen) atoms. The van der Waals surface area contributed by atoms with Crippen molar-refractivity contribution >= 4 is 11.9 Å². The van der Waals surface area contributed by atoms with Crippen LogP contribution < -0.4 is 0 Å². The van der Waals surface area contributed by atoms with Gasteiger partial charge in [0.1, 0.15) is 5.41 Å². The second kappa shape index (κ2) is 6.36. The van der Waals surface area contributed by atoms with E-state index in [-0.39, 0.29) is 5.91 Å². The summed E-state index contributed by atoms with van der Waals surface area (Å²) in [5, 5.41) is 0. The summed E-state index contributed by atoms with van der Waals surface area (Å²) in [5.74, 6) is -0.737. The molecule has 0 fully saturated rings. The Labute approximate surface area is 114 Å². The molecule has 4 nitrogen and oxygen atoms in total. The number of esters is 1. The van der Waals surface area contributed by atoms with Crippen molar-refractivity contribution in [2.24, 2.45) is 5.41 Å². The highest BCUT2D eigenvalue weighted by molar-refractivity contribution is 6.01. The zero-order chi connectivity index (χ0) is 14.5. The van der Waals surface area contributed by atoms with Gasteiger partial charge in [0.2, 0.25) is 5.91 Å². The summed E-state index contributed by atoms with van der Waals surface area (Å²) in [6.07, 6.45) is 0.764. The van der Waals surface area contributed by atoms with Gasteiger partial charge in [-0.3, -0.25) is 9.59 Å². The van der Waals surface area contributed by atoms with Gasteiger partial charge in [0.25, 0.3) is 0 Å². The monoisotopic (exact) mass is 263 g/mol. The smallest absolute Gasteiger partial charge is 0.320 e. The fourth-order valence-corrected chi connectivity index (χ4v) is 1.86. The van der Waals surface area contributed by atoms with Gasteiger partial charge in [-0.1, -0.05) is 30.3 Å². The molecule has 0 bridgehead atoms.